The molecular weight excluding hydrogens is 292 g/mol. The first-order chi connectivity index (χ1) is 9.27. The molecule has 0 radical (unpaired) electrons. The van der Waals surface area contributed by atoms with Gasteiger partial charge in [0, 0.05) is 17.7 Å². The Morgan fingerprint density at radius 2 is 2.10 bits per heavy atom. The number of nitrogens with two attached hydrogens (primary N) is 1. The molecule has 7 heteroatoms. The van der Waals surface area contributed by atoms with Crippen LogP contribution in [0.15, 0.2) is 6.07 Å². The molecule has 6 nitrogen and oxygen atoms in total. The van der Waals surface area contributed by atoms with E-state index < -0.39 is 17.9 Å². The Bertz CT molecular complexity index is 555. The van der Waals surface area contributed by atoms with Crippen molar-refractivity contribution in [2.75, 3.05) is 13.6 Å². The number of quaternary nitrogens is 1. The minimum Gasteiger partial charge on any atom is -0.477 e. The third kappa shape index (κ3) is 2.95. The topological polar surface area (TPSA) is 112 Å². The van der Waals surface area contributed by atoms with Crippen LogP contribution in [0, 0.1) is 0 Å². The van der Waals surface area contributed by atoms with E-state index in [2.05, 4.69) is 13.8 Å². The van der Waals surface area contributed by atoms with Gasteiger partial charge in [-0.15, -0.1) is 0 Å². The Hall–Kier alpha value is -1.44. The van der Waals surface area contributed by atoms with E-state index in [9.17, 15) is 14.7 Å². The lowest BCUT2D eigenvalue weighted by molar-refractivity contribution is -0.141. The first-order valence-electron chi connectivity index (χ1n) is 6.79. The SMILES string of the molecule is CC(C)c1cc(C(N)=O)c([N+]2(C)CCC[C@H]2C(=O)O)s1.O. The number of carboxylic acid groups (broad SMARTS) is 1. The zero-order valence-corrected chi connectivity index (χ0v) is 13.4. The van der Waals surface area contributed by atoms with Gasteiger partial charge in [-0.1, -0.05) is 25.2 Å². The van der Waals surface area contributed by atoms with Crippen LogP contribution >= 0.6 is 11.3 Å². The summed E-state index contributed by atoms with van der Waals surface area (Å²) in [6, 6.07) is 1.33. The summed E-state index contributed by atoms with van der Waals surface area (Å²) >= 11 is 1.52. The van der Waals surface area contributed by atoms with Gasteiger partial charge in [0.25, 0.3) is 5.91 Å². The Labute approximate surface area is 128 Å². The number of hydrogen-bond donors (Lipinski definition) is 2. The summed E-state index contributed by atoms with van der Waals surface area (Å²) in [6.07, 6.45) is 1.49. The number of nitrogens with zero attached hydrogens (tertiary/aromatic N) is 1. The molecule has 0 aromatic carbocycles. The van der Waals surface area contributed by atoms with Crippen LogP contribution in [-0.4, -0.2) is 42.1 Å². The lowest BCUT2D eigenvalue weighted by Gasteiger charge is -2.32. The Kier molecular flexibility index (Phi) is 5.14. The van der Waals surface area contributed by atoms with Crippen LogP contribution in [0.5, 0.6) is 0 Å². The number of carbonyl (C=O) groups is 2. The number of rotatable bonds is 4. The standard InChI is InChI=1S/C14H20N2O3S.H2O/c1-8(2)11-7-9(12(15)17)13(20-11)16(3)6-4-5-10(16)14(18)19;/h7-8,10H,4-6H2,1-3H3,(H2-,15,17,18,19);1H2/p+1/t10-,16?;/m0./s1. The second kappa shape index (κ2) is 6.13. The van der Waals surface area contributed by atoms with Crippen LogP contribution < -0.4 is 10.2 Å². The van der Waals surface area contributed by atoms with Crippen LogP contribution in [-0.2, 0) is 4.79 Å². The third-order valence-electron chi connectivity index (χ3n) is 4.10. The second-order valence-electron chi connectivity index (χ2n) is 5.87. The van der Waals surface area contributed by atoms with Gasteiger partial charge in [0.1, 0.15) is 5.56 Å². The van der Waals surface area contributed by atoms with E-state index in [4.69, 9.17) is 5.73 Å². The van der Waals surface area contributed by atoms with Crippen molar-refractivity contribution in [1.29, 1.82) is 0 Å². The van der Waals surface area contributed by atoms with E-state index in [1.807, 2.05) is 13.1 Å². The van der Waals surface area contributed by atoms with Gasteiger partial charge < -0.3 is 16.3 Å². The molecule has 1 unspecified atom stereocenters. The smallest absolute Gasteiger partial charge is 0.363 e. The van der Waals surface area contributed by atoms with Crippen molar-refractivity contribution < 1.29 is 20.2 Å². The molecule has 1 aliphatic heterocycles. The average Bonchev–Trinajstić information content (AvgIpc) is 2.92. The highest BCUT2D eigenvalue weighted by Crippen LogP contribution is 2.42. The number of amides is 1. The molecule has 0 saturated carbocycles. The van der Waals surface area contributed by atoms with Crippen LogP contribution in [0.4, 0.5) is 5.00 Å². The molecule has 2 rings (SSSR count). The van der Waals surface area contributed by atoms with Crippen molar-refractivity contribution in [2.24, 2.45) is 5.73 Å². The van der Waals surface area contributed by atoms with Gasteiger partial charge in [-0.3, -0.25) is 9.28 Å². The monoisotopic (exact) mass is 315 g/mol. The van der Waals surface area contributed by atoms with Gasteiger partial charge >= 0.3 is 5.97 Å². The number of primary amides is 1. The van der Waals surface area contributed by atoms with Gasteiger partial charge in [-0.2, -0.15) is 0 Å². The Morgan fingerprint density at radius 3 is 2.57 bits per heavy atom. The van der Waals surface area contributed by atoms with E-state index in [0.717, 1.165) is 22.8 Å². The normalized spacial score (nSPS) is 24.9. The molecule has 1 amide bonds. The van der Waals surface area contributed by atoms with Crippen molar-refractivity contribution in [2.45, 2.75) is 38.6 Å². The second-order valence-corrected chi connectivity index (χ2v) is 6.94. The molecule has 0 spiro atoms. The molecule has 1 saturated heterocycles. The zero-order valence-electron chi connectivity index (χ0n) is 12.5. The number of thiophene rings is 1. The largest absolute Gasteiger partial charge is 0.477 e. The van der Waals surface area contributed by atoms with Crippen molar-refractivity contribution >= 4 is 28.2 Å². The number of carbonyl (C=O) groups excluding carboxylic acids is 1. The van der Waals surface area contributed by atoms with Crippen LogP contribution in [0.25, 0.3) is 0 Å². The summed E-state index contributed by atoms with van der Waals surface area (Å²) in [4.78, 5) is 24.3. The number of carboxylic acids is 1. The summed E-state index contributed by atoms with van der Waals surface area (Å²) in [6.45, 7) is 4.84. The summed E-state index contributed by atoms with van der Waals surface area (Å²) in [5, 5.41) is 10.2. The molecule has 1 aromatic heterocycles. The van der Waals surface area contributed by atoms with E-state index in [1.54, 1.807) is 0 Å². The Morgan fingerprint density at radius 1 is 1.48 bits per heavy atom. The van der Waals surface area contributed by atoms with Gasteiger partial charge in [0.15, 0.2) is 6.04 Å². The maximum Gasteiger partial charge on any atom is 0.363 e. The van der Waals surface area contributed by atoms with Gasteiger partial charge in [0.2, 0.25) is 5.00 Å². The fourth-order valence-corrected chi connectivity index (χ4v) is 4.24. The maximum absolute atomic E-state index is 11.7. The van der Waals surface area contributed by atoms with Crippen molar-refractivity contribution in [1.82, 2.24) is 4.48 Å². The molecule has 2 atom stereocenters. The molecule has 0 aliphatic carbocycles. The van der Waals surface area contributed by atoms with E-state index >= 15 is 0 Å². The highest BCUT2D eigenvalue weighted by molar-refractivity contribution is 7.16. The number of aliphatic carboxylic acids is 1. The highest BCUT2D eigenvalue weighted by atomic mass is 32.1. The lowest BCUT2D eigenvalue weighted by Crippen LogP contribution is -2.53. The molecule has 1 aromatic rings. The summed E-state index contributed by atoms with van der Waals surface area (Å²) < 4.78 is 0.283. The van der Waals surface area contributed by atoms with Gasteiger partial charge in [-0.25, -0.2) is 4.79 Å². The molecular formula is C14H23N2O4S+. The van der Waals surface area contributed by atoms with E-state index in [0.29, 0.717) is 17.9 Å². The number of hydrogen-bond acceptors (Lipinski definition) is 3. The van der Waals surface area contributed by atoms with Crippen LogP contribution in [0.2, 0.25) is 0 Å². The molecule has 1 fully saturated rings. The van der Waals surface area contributed by atoms with Crippen molar-refractivity contribution in [3.63, 3.8) is 0 Å². The fourth-order valence-electron chi connectivity index (χ4n) is 2.90. The predicted octanol–water partition coefficient (Wildman–Crippen LogP) is 1.33. The molecule has 0 bridgehead atoms. The summed E-state index contributed by atoms with van der Waals surface area (Å²) in [7, 11) is 1.90. The quantitative estimate of drug-likeness (QED) is 0.817. The predicted molar refractivity (Wildman–Crippen MR) is 83.8 cm³/mol. The van der Waals surface area contributed by atoms with Crippen molar-refractivity contribution in [3.05, 3.63) is 16.5 Å². The lowest BCUT2D eigenvalue weighted by atomic mass is 10.1. The maximum atomic E-state index is 11.7. The Balaban J connectivity index is 0.00000220. The van der Waals surface area contributed by atoms with Crippen LogP contribution in [0.1, 0.15) is 47.8 Å². The summed E-state index contributed by atoms with van der Waals surface area (Å²) in [5.74, 6) is -0.984. The molecule has 2 heterocycles. The first-order valence-corrected chi connectivity index (χ1v) is 7.61. The number of likely N-dealkylation sites (N-methyl/N-ethyl adjacent to an activating group) is 1. The van der Waals surface area contributed by atoms with Crippen LogP contribution in [0.3, 0.4) is 0 Å². The minimum absolute atomic E-state index is 0. The van der Waals surface area contributed by atoms with Gasteiger partial charge in [0.05, 0.1) is 13.6 Å². The fraction of sp³-hybridized carbons (Fsp3) is 0.571. The molecule has 5 N–H and O–H groups in total. The van der Waals surface area contributed by atoms with E-state index in [-0.39, 0.29) is 9.96 Å². The van der Waals surface area contributed by atoms with Crippen molar-refractivity contribution in [3.8, 4) is 0 Å². The van der Waals surface area contributed by atoms with E-state index in [1.165, 1.54) is 11.3 Å². The third-order valence-corrected chi connectivity index (χ3v) is 5.76. The molecule has 21 heavy (non-hydrogen) atoms. The average molecular weight is 315 g/mol. The van der Waals surface area contributed by atoms with Gasteiger partial charge in [-0.05, 0) is 12.0 Å². The number of likely N-dealkylation sites (tertiary alicyclic amines) is 1. The highest BCUT2D eigenvalue weighted by Gasteiger charge is 2.47. The zero-order chi connectivity index (χ0) is 15.1. The molecule has 118 valence electrons. The minimum atomic E-state index is -0.806. The first kappa shape index (κ1) is 17.6. The molecule has 1 aliphatic rings. The summed E-state index contributed by atoms with van der Waals surface area (Å²) in [5.41, 5.74) is 5.97.